The maximum atomic E-state index is 13.6. The topological polar surface area (TPSA) is 109 Å². The third-order valence-corrected chi connectivity index (χ3v) is 5.42. The predicted octanol–water partition coefficient (Wildman–Crippen LogP) is 3.24. The number of fused-ring (bicyclic) bond motifs is 1. The van der Waals surface area contributed by atoms with Crippen LogP contribution in [0.25, 0.3) is 0 Å². The van der Waals surface area contributed by atoms with Gasteiger partial charge >= 0.3 is 0 Å². The number of rotatable bonds is 7. The minimum absolute atomic E-state index is 0.334. The summed E-state index contributed by atoms with van der Waals surface area (Å²) in [4.78, 5) is 17.9. The summed E-state index contributed by atoms with van der Waals surface area (Å²) in [6, 6.07) is 10.1. The van der Waals surface area contributed by atoms with Gasteiger partial charge in [0.25, 0.3) is 5.91 Å². The molecular weight excluding hydrogens is 426 g/mol. The van der Waals surface area contributed by atoms with Crippen molar-refractivity contribution in [2.75, 3.05) is 39.1 Å². The molecule has 10 nitrogen and oxygen atoms in total. The van der Waals surface area contributed by atoms with E-state index in [0.29, 0.717) is 51.5 Å². The molecule has 172 valence electrons. The van der Waals surface area contributed by atoms with E-state index in [1.807, 2.05) is 19.1 Å². The van der Waals surface area contributed by atoms with E-state index in [-0.39, 0.29) is 5.91 Å². The molecule has 0 saturated heterocycles. The highest BCUT2D eigenvalue weighted by molar-refractivity contribution is 6.06. The highest BCUT2D eigenvalue weighted by Gasteiger charge is 2.36. The van der Waals surface area contributed by atoms with E-state index in [0.717, 1.165) is 0 Å². The number of aromatic nitrogens is 3. The number of benzene rings is 2. The zero-order valence-corrected chi connectivity index (χ0v) is 19.0. The summed E-state index contributed by atoms with van der Waals surface area (Å²) in [6.45, 7) is 1.82. The molecular formula is C23H25N5O5. The lowest BCUT2D eigenvalue weighted by Crippen LogP contribution is -2.31. The van der Waals surface area contributed by atoms with Crippen LogP contribution < -0.4 is 29.6 Å². The molecule has 1 aliphatic heterocycles. The highest BCUT2D eigenvalue weighted by Crippen LogP contribution is 2.43. The summed E-state index contributed by atoms with van der Waals surface area (Å²) in [7, 11) is 6.22. The average molecular weight is 451 g/mol. The minimum Gasteiger partial charge on any atom is -0.497 e. The van der Waals surface area contributed by atoms with Crippen molar-refractivity contribution in [3.05, 3.63) is 59.6 Å². The van der Waals surface area contributed by atoms with Crippen LogP contribution in [-0.2, 0) is 4.79 Å². The molecule has 2 aromatic carbocycles. The quantitative estimate of drug-likeness (QED) is 0.564. The lowest BCUT2D eigenvalue weighted by molar-refractivity contribution is -0.113. The average Bonchev–Trinajstić information content (AvgIpc) is 3.30. The van der Waals surface area contributed by atoms with Gasteiger partial charge < -0.3 is 29.6 Å². The standard InChI is InChI=1S/C23H25N5O5/c1-13-19(22(29)27-16-10-9-14(30-2)11-18(16)32-4)20(28-23(26-13)24-12-25-28)15-7-6-8-17(31-3)21(15)33-5/h6-12,20H,1-5H3,(H,27,29)(H,24,25,26). The largest absolute Gasteiger partial charge is 0.497 e. The van der Waals surface area contributed by atoms with Gasteiger partial charge in [0, 0.05) is 17.3 Å². The lowest BCUT2D eigenvalue weighted by Gasteiger charge is -2.30. The molecule has 1 aliphatic rings. The molecule has 1 atom stereocenters. The Bertz CT molecular complexity index is 1220. The third kappa shape index (κ3) is 3.91. The molecule has 0 aliphatic carbocycles. The molecule has 0 saturated carbocycles. The first kappa shape index (κ1) is 22.0. The molecule has 1 amide bonds. The summed E-state index contributed by atoms with van der Waals surface area (Å²) in [5.41, 5.74) is 2.29. The second kappa shape index (κ2) is 9.11. The Kier molecular flexibility index (Phi) is 6.07. The Morgan fingerprint density at radius 3 is 2.52 bits per heavy atom. The molecule has 2 heterocycles. The number of anilines is 2. The normalized spacial score (nSPS) is 14.8. The molecule has 0 radical (unpaired) electrons. The van der Waals surface area contributed by atoms with Gasteiger partial charge in [-0.05, 0) is 25.1 Å². The molecule has 10 heteroatoms. The summed E-state index contributed by atoms with van der Waals surface area (Å²) in [5, 5.41) is 10.5. The van der Waals surface area contributed by atoms with Crippen molar-refractivity contribution in [1.82, 2.24) is 14.8 Å². The van der Waals surface area contributed by atoms with E-state index in [4.69, 9.17) is 18.9 Å². The Morgan fingerprint density at radius 2 is 1.82 bits per heavy atom. The van der Waals surface area contributed by atoms with Crippen LogP contribution in [0.4, 0.5) is 11.6 Å². The van der Waals surface area contributed by atoms with Crippen LogP contribution in [0.5, 0.6) is 23.0 Å². The van der Waals surface area contributed by atoms with E-state index in [1.54, 1.807) is 50.3 Å². The van der Waals surface area contributed by atoms with Crippen LogP contribution in [0.2, 0.25) is 0 Å². The van der Waals surface area contributed by atoms with E-state index >= 15 is 0 Å². The van der Waals surface area contributed by atoms with Crippen LogP contribution >= 0.6 is 0 Å². The molecule has 1 aromatic heterocycles. The molecule has 3 aromatic rings. The van der Waals surface area contributed by atoms with Crippen LogP contribution in [0.15, 0.2) is 54.0 Å². The van der Waals surface area contributed by atoms with E-state index in [9.17, 15) is 4.79 Å². The van der Waals surface area contributed by atoms with Gasteiger partial charge in [0.2, 0.25) is 5.95 Å². The monoisotopic (exact) mass is 451 g/mol. The number of allylic oxidation sites excluding steroid dienone is 1. The van der Waals surface area contributed by atoms with E-state index < -0.39 is 6.04 Å². The van der Waals surface area contributed by atoms with Crippen LogP contribution in [0, 0.1) is 0 Å². The predicted molar refractivity (Wildman–Crippen MR) is 122 cm³/mol. The van der Waals surface area contributed by atoms with Crippen LogP contribution in [0.3, 0.4) is 0 Å². The van der Waals surface area contributed by atoms with Crippen molar-refractivity contribution in [2.45, 2.75) is 13.0 Å². The minimum atomic E-state index is -0.613. The zero-order valence-electron chi connectivity index (χ0n) is 19.0. The van der Waals surface area contributed by atoms with Gasteiger partial charge in [0.15, 0.2) is 11.5 Å². The first-order valence-electron chi connectivity index (χ1n) is 10.1. The number of hydrogen-bond acceptors (Lipinski definition) is 8. The van der Waals surface area contributed by atoms with Gasteiger partial charge in [0.05, 0.1) is 39.7 Å². The number of methoxy groups -OCH3 is 4. The Morgan fingerprint density at radius 1 is 1.03 bits per heavy atom. The fourth-order valence-electron chi connectivity index (χ4n) is 3.89. The molecule has 0 fully saturated rings. The molecule has 2 N–H and O–H groups in total. The van der Waals surface area contributed by atoms with Crippen molar-refractivity contribution >= 4 is 17.5 Å². The summed E-state index contributed by atoms with van der Waals surface area (Å²) in [5.74, 6) is 2.32. The third-order valence-electron chi connectivity index (χ3n) is 5.42. The number of ether oxygens (including phenoxy) is 4. The van der Waals surface area contributed by atoms with Crippen molar-refractivity contribution in [2.24, 2.45) is 0 Å². The summed E-state index contributed by atoms with van der Waals surface area (Å²) < 4.78 is 23.5. The summed E-state index contributed by atoms with van der Waals surface area (Å²) >= 11 is 0. The van der Waals surface area contributed by atoms with E-state index in [2.05, 4.69) is 20.7 Å². The molecule has 4 rings (SSSR count). The van der Waals surface area contributed by atoms with Gasteiger partial charge in [-0.1, -0.05) is 12.1 Å². The van der Waals surface area contributed by atoms with Crippen molar-refractivity contribution in [3.63, 3.8) is 0 Å². The second-order valence-corrected chi connectivity index (χ2v) is 7.20. The lowest BCUT2D eigenvalue weighted by atomic mass is 9.94. The van der Waals surface area contributed by atoms with Gasteiger partial charge in [0.1, 0.15) is 23.9 Å². The second-order valence-electron chi connectivity index (χ2n) is 7.20. The van der Waals surface area contributed by atoms with Crippen molar-refractivity contribution in [3.8, 4) is 23.0 Å². The zero-order chi connectivity index (χ0) is 23.5. The smallest absolute Gasteiger partial charge is 0.255 e. The van der Waals surface area contributed by atoms with Crippen LogP contribution in [-0.4, -0.2) is 49.1 Å². The van der Waals surface area contributed by atoms with E-state index in [1.165, 1.54) is 13.4 Å². The number of nitrogens with zero attached hydrogens (tertiary/aromatic N) is 3. The number of amides is 1. The molecule has 0 bridgehead atoms. The van der Waals surface area contributed by atoms with Crippen LogP contribution in [0.1, 0.15) is 18.5 Å². The molecule has 33 heavy (non-hydrogen) atoms. The maximum Gasteiger partial charge on any atom is 0.255 e. The number of carbonyl (C=O) groups is 1. The SMILES string of the molecule is COc1ccc(NC(=O)C2=C(C)Nc3ncnn3C2c2cccc(OC)c2OC)c(OC)c1. The van der Waals surface area contributed by atoms with Gasteiger partial charge in [-0.2, -0.15) is 10.1 Å². The van der Waals surface area contributed by atoms with Crippen molar-refractivity contribution < 1.29 is 23.7 Å². The number of carbonyl (C=O) groups excluding carboxylic acids is 1. The number of para-hydroxylation sites is 1. The fourth-order valence-corrected chi connectivity index (χ4v) is 3.89. The van der Waals surface area contributed by atoms with Gasteiger partial charge in [-0.15, -0.1) is 0 Å². The van der Waals surface area contributed by atoms with Gasteiger partial charge in [-0.25, -0.2) is 4.68 Å². The number of hydrogen-bond donors (Lipinski definition) is 2. The Hall–Kier alpha value is -4.21. The molecule has 1 unspecified atom stereocenters. The molecule has 0 spiro atoms. The van der Waals surface area contributed by atoms with Gasteiger partial charge in [-0.3, -0.25) is 4.79 Å². The maximum absolute atomic E-state index is 13.6. The first-order chi connectivity index (χ1) is 16.0. The Balaban J connectivity index is 1.81. The highest BCUT2D eigenvalue weighted by atomic mass is 16.5. The number of nitrogens with one attached hydrogen (secondary N) is 2. The fraction of sp³-hybridized carbons (Fsp3) is 0.261. The van der Waals surface area contributed by atoms with Crippen molar-refractivity contribution in [1.29, 1.82) is 0 Å². The summed E-state index contributed by atoms with van der Waals surface area (Å²) in [6.07, 6.45) is 1.43. The Labute approximate surface area is 191 Å². The first-order valence-corrected chi connectivity index (χ1v) is 10.1.